The highest BCUT2D eigenvalue weighted by atomic mass is 16.5. The molecule has 1 atom stereocenters. The summed E-state index contributed by atoms with van der Waals surface area (Å²) in [7, 11) is 1.59. The van der Waals surface area contributed by atoms with E-state index in [9.17, 15) is 9.59 Å². The number of alkyl carbamates (subject to hydrolysis) is 1. The smallest absolute Gasteiger partial charge is 0.407 e. The molecule has 0 aliphatic heterocycles. The molecule has 142 valence electrons. The highest BCUT2D eigenvalue weighted by Crippen LogP contribution is 2.16. The minimum Gasteiger partial charge on any atom is -0.497 e. The van der Waals surface area contributed by atoms with E-state index < -0.39 is 12.1 Å². The quantitative estimate of drug-likeness (QED) is 0.553. The highest BCUT2D eigenvalue weighted by Gasteiger charge is 2.18. The number of hydrogen-bond donors (Lipinski definition) is 2. The molecule has 0 aliphatic rings. The first-order valence-electron chi connectivity index (χ1n) is 8.56. The Labute approximate surface area is 158 Å². The van der Waals surface area contributed by atoms with Crippen LogP contribution >= 0.6 is 0 Å². The van der Waals surface area contributed by atoms with Gasteiger partial charge in [0, 0.05) is 0 Å². The van der Waals surface area contributed by atoms with Crippen LogP contribution in [0.1, 0.15) is 30.5 Å². The molecule has 0 radical (unpaired) electrons. The summed E-state index contributed by atoms with van der Waals surface area (Å²) in [5, 5.41) is 6.65. The second-order valence-electron chi connectivity index (χ2n) is 5.60. The molecule has 0 aromatic heterocycles. The van der Waals surface area contributed by atoms with E-state index in [0.29, 0.717) is 0 Å². The maximum absolute atomic E-state index is 12.2. The normalized spacial score (nSPS) is 11.6. The van der Waals surface area contributed by atoms with E-state index in [-0.39, 0.29) is 18.9 Å². The average molecular weight is 369 g/mol. The van der Waals surface area contributed by atoms with Crippen molar-refractivity contribution >= 4 is 18.2 Å². The van der Waals surface area contributed by atoms with Gasteiger partial charge in [0.2, 0.25) is 5.91 Å². The molecule has 0 fully saturated rings. The number of nitrogens with zero attached hydrogens (tertiary/aromatic N) is 1. The maximum atomic E-state index is 12.2. The van der Waals surface area contributed by atoms with Gasteiger partial charge < -0.3 is 14.8 Å². The molecule has 2 aromatic carbocycles. The molecule has 27 heavy (non-hydrogen) atoms. The van der Waals surface area contributed by atoms with Crippen LogP contribution in [0.5, 0.6) is 5.75 Å². The van der Waals surface area contributed by atoms with Crippen molar-refractivity contribution in [2.75, 3.05) is 13.7 Å². The van der Waals surface area contributed by atoms with Crippen LogP contribution in [-0.4, -0.2) is 31.9 Å². The van der Waals surface area contributed by atoms with E-state index >= 15 is 0 Å². The fourth-order valence-electron chi connectivity index (χ4n) is 2.35. The van der Waals surface area contributed by atoms with Gasteiger partial charge in [0.25, 0.3) is 0 Å². The van der Waals surface area contributed by atoms with E-state index in [1.807, 2.05) is 42.5 Å². The zero-order valence-corrected chi connectivity index (χ0v) is 15.3. The van der Waals surface area contributed by atoms with Crippen molar-refractivity contribution < 1.29 is 19.1 Å². The zero-order chi connectivity index (χ0) is 19.5. The third kappa shape index (κ3) is 6.81. The SMILES string of the molecule is CCOC(=O)N[C@@H](CC(=O)N/N=C\c1ccc(OC)cc1)c1ccccc1. The van der Waals surface area contributed by atoms with Crippen molar-refractivity contribution in [1.29, 1.82) is 0 Å². The van der Waals surface area contributed by atoms with Gasteiger partial charge in [0.05, 0.1) is 32.4 Å². The summed E-state index contributed by atoms with van der Waals surface area (Å²) in [5.74, 6) is 0.414. The first kappa shape index (κ1) is 20.0. The number of nitrogens with one attached hydrogen (secondary N) is 2. The molecule has 7 nitrogen and oxygen atoms in total. The Morgan fingerprint density at radius 3 is 2.44 bits per heavy atom. The monoisotopic (exact) mass is 369 g/mol. The van der Waals surface area contributed by atoms with Gasteiger partial charge in [-0.2, -0.15) is 5.10 Å². The molecule has 0 unspecified atom stereocenters. The molecular weight excluding hydrogens is 346 g/mol. The molecule has 7 heteroatoms. The summed E-state index contributed by atoms with van der Waals surface area (Å²) in [6.07, 6.45) is 0.997. The van der Waals surface area contributed by atoms with Crippen LogP contribution in [0, 0.1) is 0 Å². The van der Waals surface area contributed by atoms with Crippen LogP contribution in [0.4, 0.5) is 4.79 Å². The summed E-state index contributed by atoms with van der Waals surface area (Å²) in [6, 6.07) is 16.0. The lowest BCUT2D eigenvalue weighted by Gasteiger charge is -2.18. The molecule has 2 aromatic rings. The number of methoxy groups -OCH3 is 1. The van der Waals surface area contributed by atoms with E-state index in [1.54, 1.807) is 26.2 Å². The lowest BCUT2D eigenvalue weighted by Crippen LogP contribution is -2.33. The number of rotatable bonds is 8. The first-order chi connectivity index (χ1) is 13.1. The molecule has 2 amide bonds. The summed E-state index contributed by atoms with van der Waals surface area (Å²) >= 11 is 0. The third-order valence-corrected chi connectivity index (χ3v) is 3.68. The maximum Gasteiger partial charge on any atom is 0.407 e. The van der Waals surface area contributed by atoms with Crippen molar-refractivity contribution in [3.05, 3.63) is 65.7 Å². The largest absolute Gasteiger partial charge is 0.497 e. The van der Waals surface area contributed by atoms with Crippen molar-refractivity contribution in [1.82, 2.24) is 10.7 Å². The van der Waals surface area contributed by atoms with Gasteiger partial charge in [-0.15, -0.1) is 0 Å². The average Bonchev–Trinajstić information content (AvgIpc) is 2.69. The number of carbonyl (C=O) groups excluding carboxylic acids is 2. The predicted octanol–water partition coefficient (Wildman–Crippen LogP) is 3.02. The fraction of sp³-hybridized carbons (Fsp3) is 0.250. The van der Waals surface area contributed by atoms with Crippen LogP contribution in [0.25, 0.3) is 0 Å². The number of hydrazone groups is 1. The van der Waals surface area contributed by atoms with Crippen LogP contribution in [0.2, 0.25) is 0 Å². The summed E-state index contributed by atoms with van der Waals surface area (Å²) < 4.78 is 10.00. The molecule has 0 bridgehead atoms. The van der Waals surface area contributed by atoms with Gasteiger partial charge in [-0.3, -0.25) is 4.79 Å². The van der Waals surface area contributed by atoms with E-state index in [0.717, 1.165) is 16.9 Å². The standard InChI is InChI=1S/C20H23N3O4/c1-3-27-20(25)22-18(16-7-5-4-6-8-16)13-19(24)23-21-14-15-9-11-17(26-2)12-10-15/h4-12,14,18H,3,13H2,1-2H3,(H,22,25)(H,23,24)/b21-14-/t18-/m0/s1. The molecule has 0 aliphatic carbocycles. The number of benzene rings is 2. The topological polar surface area (TPSA) is 89.0 Å². The van der Waals surface area contributed by atoms with Crippen molar-refractivity contribution in [3.63, 3.8) is 0 Å². The Morgan fingerprint density at radius 2 is 1.81 bits per heavy atom. The van der Waals surface area contributed by atoms with Crippen LogP contribution in [0.3, 0.4) is 0 Å². The van der Waals surface area contributed by atoms with Crippen LogP contribution in [-0.2, 0) is 9.53 Å². The molecular formula is C20H23N3O4. The molecule has 0 heterocycles. The fourth-order valence-corrected chi connectivity index (χ4v) is 2.35. The number of hydrogen-bond acceptors (Lipinski definition) is 5. The van der Waals surface area contributed by atoms with Gasteiger partial charge in [0.1, 0.15) is 5.75 Å². The third-order valence-electron chi connectivity index (χ3n) is 3.68. The van der Waals surface area contributed by atoms with Gasteiger partial charge in [-0.05, 0) is 42.3 Å². The molecule has 2 rings (SSSR count). The Hall–Kier alpha value is -3.35. The Bertz CT molecular complexity index is 761. The van der Waals surface area contributed by atoms with E-state index in [2.05, 4.69) is 15.8 Å². The molecule has 0 saturated heterocycles. The van der Waals surface area contributed by atoms with Crippen molar-refractivity contribution in [2.45, 2.75) is 19.4 Å². The Morgan fingerprint density at radius 1 is 1.11 bits per heavy atom. The Balaban J connectivity index is 1.95. The van der Waals surface area contributed by atoms with Gasteiger partial charge in [-0.1, -0.05) is 30.3 Å². The zero-order valence-electron chi connectivity index (χ0n) is 15.3. The van der Waals surface area contributed by atoms with E-state index in [4.69, 9.17) is 9.47 Å². The predicted molar refractivity (Wildman–Crippen MR) is 103 cm³/mol. The van der Waals surface area contributed by atoms with Gasteiger partial charge in [0.15, 0.2) is 0 Å². The van der Waals surface area contributed by atoms with Crippen LogP contribution < -0.4 is 15.5 Å². The number of ether oxygens (including phenoxy) is 2. The van der Waals surface area contributed by atoms with Gasteiger partial charge in [-0.25, -0.2) is 10.2 Å². The lowest BCUT2D eigenvalue weighted by atomic mass is 10.0. The Kier molecular flexibility index (Phi) is 7.84. The summed E-state index contributed by atoms with van der Waals surface area (Å²) in [5.41, 5.74) is 4.10. The van der Waals surface area contributed by atoms with Gasteiger partial charge >= 0.3 is 6.09 Å². The van der Waals surface area contributed by atoms with Crippen molar-refractivity contribution in [2.24, 2.45) is 5.10 Å². The molecule has 2 N–H and O–H groups in total. The second kappa shape index (κ2) is 10.6. The van der Waals surface area contributed by atoms with Crippen LogP contribution in [0.15, 0.2) is 59.7 Å². The molecule has 0 saturated carbocycles. The number of amides is 2. The second-order valence-corrected chi connectivity index (χ2v) is 5.60. The lowest BCUT2D eigenvalue weighted by molar-refractivity contribution is -0.121. The summed E-state index contributed by atoms with van der Waals surface area (Å²) in [4.78, 5) is 24.0. The minimum absolute atomic E-state index is 0.0305. The van der Waals surface area contributed by atoms with Crippen molar-refractivity contribution in [3.8, 4) is 5.75 Å². The number of carbonyl (C=O) groups is 2. The molecule has 0 spiro atoms. The van der Waals surface area contributed by atoms with E-state index in [1.165, 1.54) is 6.21 Å². The highest BCUT2D eigenvalue weighted by molar-refractivity contribution is 5.83. The summed E-state index contributed by atoms with van der Waals surface area (Å²) in [6.45, 7) is 1.98. The first-order valence-corrected chi connectivity index (χ1v) is 8.56. The minimum atomic E-state index is -0.569.